The maximum atomic E-state index is 12.2. The number of carbonyl (C=O) groups excluding carboxylic acids is 3. The van der Waals surface area contributed by atoms with Crippen LogP contribution in [-0.4, -0.2) is 55.5 Å². The summed E-state index contributed by atoms with van der Waals surface area (Å²) in [7, 11) is 1.25. The Balaban J connectivity index is 2.02. The molecule has 0 unspecified atom stereocenters. The van der Waals surface area contributed by atoms with Crippen molar-refractivity contribution in [1.82, 2.24) is 10.2 Å². The highest BCUT2D eigenvalue weighted by atomic mass is 35.5. The quantitative estimate of drug-likeness (QED) is 0.759. The molecule has 1 saturated heterocycles. The molecule has 0 saturated carbocycles. The second kappa shape index (κ2) is 8.32. The lowest BCUT2D eigenvalue weighted by Crippen LogP contribution is -2.57. The average molecular weight is 374 g/mol. The van der Waals surface area contributed by atoms with Crippen molar-refractivity contribution in [3.8, 4) is 0 Å². The number of piperazine rings is 1. The largest absolute Gasteiger partial charge is 0.469 e. The number of nitrogens with one attached hydrogen (secondary N) is 2. The molecule has 1 fully saturated rings. The van der Waals surface area contributed by atoms with E-state index in [0.717, 1.165) is 0 Å². The molecule has 1 aromatic carbocycles. The second-order valence-corrected chi connectivity index (χ2v) is 6.14. The number of carbonyl (C=O) groups is 3. The number of esters is 1. The molecule has 2 N–H and O–H groups in total. The van der Waals surface area contributed by atoms with Gasteiger partial charge in [0.2, 0.25) is 11.8 Å². The van der Waals surface area contributed by atoms with E-state index < -0.39 is 12.0 Å². The maximum Gasteiger partial charge on any atom is 0.307 e. The third-order valence-corrected chi connectivity index (χ3v) is 3.96. The van der Waals surface area contributed by atoms with E-state index in [1.807, 2.05) is 0 Å². The van der Waals surface area contributed by atoms with Gasteiger partial charge in [-0.25, -0.2) is 0 Å². The lowest BCUT2D eigenvalue weighted by atomic mass is 10.1. The van der Waals surface area contributed by atoms with E-state index in [0.29, 0.717) is 28.8 Å². The van der Waals surface area contributed by atoms with E-state index >= 15 is 0 Å². The minimum atomic E-state index is -0.736. The highest BCUT2D eigenvalue weighted by Gasteiger charge is 2.33. The van der Waals surface area contributed by atoms with Gasteiger partial charge in [0.15, 0.2) is 0 Å². The number of ether oxygens (including phenoxy) is 1. The standard InChI is InChI=1S/C15H17Cl2N3O4/c1-24-14(22)7-12-15(23)18-2-3-20(12)8-13(21)19-11-5-9(16)4-10(17)6-11/h4-6,12H,2-3,7-8H2,1H3,(H,18,23)(H,19,21)/t12-/m0/s1. The Morgan fingerprint density at radius 3 is 2.62 bits per heavy atom. The van der Waals surface area contributed by atoms with E-state index in [1.165, 1.54) is 7.11 Å². The monoisotopic (exact) mass is 373 g/mol. The number of halogens is 2. The molecule has 130 valence electrons. The Hall–Kier alpha value is -1.83. The number of rotatable bonds is 5. The van der Waals surface area contributed by atoms with E-state index in [-0.39, 0.29) is 24.8 Å². The number of methoxy groups -OCH3 is 1. The fraction of sp³-hybridized carbons (Fsp3) is 0.400. The van der Waals surface area contributed by atoms with E-state index in [1.54, 1.807) is 23.1 Å². The van der Waals surface area contributed by atoms with Crippen LogP contribution in [0, 0.1) is 0 Å². The number of hydrogen-bond acceptors (Lipinski definition) is 5. The fourth-order valence-electron chi connectivity index (χ4n) is 2.43. The van der Waals surface area contributed by atoms with Crippen LogP contribution in [0.2, 0.25) is 10.0 Å². The SMILES string of the molecule is COC(=O)C[C@H]1C(=O)NCCN1CC(=O)Nc1cc(Cl)cc(Cl)c1. The number of amides is 2. The van der Waals surface area contributed by atoms with Gasteiger partial charge in [-0.1, -0.05) is 23.2 Å². The van der Waals surface area contributed by atoms with Crippen LogP contribution < -0.4 is 10.6 Å². The van der Waals surface area contributed by atoms with Crippen LogP contribution in [0.1, 0.15) is 6.42 Å². The number of anilines is 1. The molecule has 0 aliphatic carbocycles. The number of benzene rings is 1. The molecule has 24 heavy (non-hydrogen) atoms. The zero-order valence-electron chi connectivity index (χ0n) is 13.0. The van der Waals surface area contributed by atoms with Crippen molar-refractivity contribution in [2.45, 2.75) is 12.5 Å². The summed E-state index contributed by atoms with van der Waals surface area (Å²) in [5.41, 5.74) is 0.462. The van der Waals surface area contributed by atoms with Crippen LogP contribution in [0.3, 0.4) is 0 Å². The fourth-order valence-corrected chi connectivity index (χ4v) is 2.95. The smallest absolute Gasteiger partial charge is 0.307 e. The highest BCUT2D eigenvalue weighted by molar-refractivity contribution is 6.35. The summed E-state index contributed by atoms with van der Waals surface area (Å²) >= 11 is 11.8. The average Bonchev–Trinajstić information content (AvgIpc) is 2.49. The third-order valence-electron chi connectivity index (χ3n) is 3.52. The predicted molar refractivity (Wildman–Crippen MR) is 90.1 cm³/mol. The lowest BCUT2D eigenvalue weighted by molar-refractivity contribution is -0.146. The molecule has 1 aromatic rings. The summed E-state index contributed by atoms with van der Waals surface area (Å²) in [6.07, 6.45) is -0.112. The summed E-state index contributed by atoms with van der Waals surface area (Å²) in [6, 6.07) is 3.96. The Kier molecular flexibility index (Phi) is 6.42. The second-order valence-electron chi connectivity index (χ2n) is 5.26. The van der Waals surface area contributed by atoms with Gasteiger partial charge in [-0.2, -0.15) is 0 Å². The van der Waals surface area contributed by atoms with Crippen LogP contribution in [-0.2, 0) is 19.1 Å². The van der Waals surface area contributed by atoms with Crippen LogP contribution in [0.25, 0.3) is 0 Å². The Bertz CT molecular complexity index is 633. The van der Waals surface area contributed by atoms with Gasteiger partial charge in [-0.15, -0.1) is 0 Å². The third kappa shape index (κ3) is 5.09. The summed E-state index contributed by atoms with van der Waals surface area (Å²) < 4.78 is 4.60. The zero-order valence-corrected chi connectivity index (χ0v) is 14.5. The minimum absolute atomic E-state index is 0.0424. The molecule has 1 aliphatic heterocycles. The molecule has 2 rings (SSSR count). The molecule has 0 spiro atoms. The molecule has 9 heteroatoms. The van der Waals surface area contributed by atoms with Crippen LogP contribution in [0.4, 0.5) is 5.69 Å². The lowest BCUT2D eigenvalue weighted by Gasteiger charge is -2.33. The van der Waals surface area contributed by atoms with E-state index in [4.69, 9.17) is 23.2 Å². The van der Waals surface area contributed by atoms with Crippen molar-refractivity contribution in [1.29, 1.82) is 0 Å². The first-order valence-electron chi connectivity index (χ1n) is 7.23. The van der Waals surface area contributed by atoms with Gasteiger partial charge in [0.1, 0.15) is 6.04 Å². The molecule has 7 nitrogen and oxygen atoms in total. The van der Waals surface area contributed by atoms with Gasteiger partial charge in [0.25, 0.3) is 0 Å². The van der Waals surface area contributed by atoms with Crippen molar-refractivity contribution in [2.24, 2.45) is 0 Å². The topological polar surface area (TPSA) is 87.7 Å². The molecule has 0 bridgehead atoms. The van der Waals surface area contributed by atoms with Gasteiger partial charge < -0.3 is 15.4 Å². The molecule has 1 heterocycles. The van der Waals surface area contributed by atoms with Gasteiger partial charge in [-0.3, -0.25) is 19.3 Å². The summed E-state index contributed by atoms with van der Waals surface area (Å²) in [5.74, 6) is -1.15. The van der Waals surface area contributed by atoms with Gasteiger partial charge >= 0.3 is 5.97 Å². The van der Waals surface area contributed by atoms with E-state index in [9.17, 15) is 14.4 Å². The molecule has 0 aromatic heterocycles. The Morgan fingerprint density at radius 1 is 1.33 bits per heavy atom. The van der Waals surface area contributed by atoms with Crippen LogP contribution in [0.5, 0.6) is 0 Å². The van der Waals surface area contributed by atoms with Gasteiger partial charge in [0, 0.05) is 28.8 Å². The van der Waals surface area contributed by atoms with Crippen LogP contribution in [0.15, 0.2) is 18.2 Å². The number of hydrogen-bond donors (Lipinski definition) is 2. The molecule has 1 aliphatic rings. The van der Waals surface area contributed by atoms with Crippen LogP contribution >= 0.6 is 23.2 Å². The van der Waals surface area contributed by atoms with Crippen molar-refractivity contribution in [3.63, 3.8) is 0 Å². The summed E-state index contributed by atoms with van der Waals surface area (Å²) in [5, 5.41) is 6.15. The first-order valence-corrected chi connectivity index (χ1v) is 7.99. The minimum Gasteiger partial charge on any atom is -0.469 e. The maximum absolute atomic E-state index is 12.2. The molecule has 0 radical (unpaired) electrons. The Morgan fingerprint density at radius 2 is 2.00 bits per heavy atom. The van der Waals surface area contributed by atoms with Crippen molar-refractivity contribution >= 4 is 46.7 Å². The highest BCUT2D eigenvalue weighted by Crippen LogP contribution is 2.22. The zero-order chi connectivity index (χ0) is 17.7. The van der Waals surface area contributed by atoms with Gasteiger partial charge in [-0.05, 0) is 18.2 Å². The van der Waals surface area contributed by atoms with Crippen molar-refractivity contribution < 1.29 is 19.1 Å². The molecule has 1 atom stereocenters. The molecular formula is C15H17Cl2N3O4. The summed E-state index contributed by atoms with van der Waals surface area (Å²) in [6.45, 7) is 0.823. The normalized spacial score (nSPS) is 18.0. The van der Waals surface area contributed by atoms with Crippen molar-refractivity contribution in [3.05, 3.63) is 28.2 Å². The number of nitrogens with zero attached hydrogens (tertiary/aromatic N) is 1. The molecular weight excluding hydrogens is 357 g/mol. The van der Waals surface area contributed by atoms with E-state index in [2.05, 4.69) is 15.4 Å². The first-order chi connectivity index (χ1) is 11.4. The summed E-state index contributed by atoms with van der Waals surface area (Å²) in [4.78, 5) is 37.3. The predicted octanol–water partition coefficient (Wildman–Crippen LogP) is 1.30. The van der Waals surface area contributed by atoms with Crippen molar-refractivity contribution in [2.75, 3.05) is 32.1 Å². The first kappa shape index (κ1) is 18.5. The molecule has 2 amide bonds. The van der Waals surface area contributed by atoms with Gasteiger partial charge in [0.05, 0.1) is 20.1 Å². The Labute approximate surface area is 149 Å².